The zero-order valence-electron chi connectivity index (χ0n) is 17.1. The highest BCUT2D eigenvalue weighted by atomic mass is 32.1. The number of carbonyl (C=O) groups is 2. The molecule has 0 bridgehead atoms. The van der Waals surface area contributed by atoms with E-state index in [-0.39, 0.29) is 21.6 Å². The Hall–Kier alpha value is -2.56. The van der Waals surface area contributed by atoms with E-state index in [0.717, 1.165) is 17.4 Å². The molecule has 3 heterocycles. The van der Waals surface area contributed by atoms with Crippen molar-refractivity contribution in [1.82, 2.24) is 15.2 Å². The van der Waals surface area contributed by atoms with Gasteiger partial charge in [-0.25, -0.2) is 9.78 Å². The maximum atomic E-state index is 13.7. The third kappa shape index (κ3) is 4.61. The third-order valence-corrected chi connectivity index (χ3v) is 5.54. The second-order valence-electron chi connectivity index (χ2n) is 7.89. The Morgan fingerprint density at radius 3 is 2.33 bits per heavy atom. The Labute approximate surface area is 175 Å². The molecule has 0 spiro atoms. The van der Waals surface area contributed by atoms with Crippen molar-refractivity contribution in [2.24, 2.45) is 0 Å². The predicted octanol–water partition coefficient (Wildman–Crippen LogP) is 3.73. The Bertz CT molecular complexity index is 960. The SMILES string of the molecule is CNC(=O)c1csc2c(C(F)(F)F)cc(N3CCN(C(=O)OC(C)(C)C)CC3)nc12. The summed E-state index contributed by atoms with van der Waals surface area (Å²) in [5, 5.41) is 3.81. The summed E-state index contributed by atoms with van der Waals surface area (Å²) in [5.41, 5.74) is -1.31. The van der Waals surface area contributed by atoms with Crippen LogP contribution in [0.5, 0.6) is 0 Å². The largest absolute Gasteiger partial charge is 0.444 e. The van der Waals surface area contributed by atoms with Crippen molar-refractivity contribution in [3.05, 3.63) is 22.6 Å². The second-order valence-corrected chi connectivity index (χ2v) is 8.77. The van der Waals surface area contributed by atoms with Crippen molar-refractivity contribution >= 4 is 39.4 Å². The van der Waals surface area contributed by atoms with Gasteiger partial charge in [0.05, 0.1) is 21.3 Å². The number of alkyl halides is 3. The van der Waals surface area contributed by atoms with Gasteiger partial charge in [-0.1, -0.05) is 0 Å². The summed E-state index contributed by atoms with van der Waals surface area (Å²) in [6, 6.07) is 1.01. The quantitative estimate of drug-likeness (QED) is 0.764. The number of nitrogens with one attached hydrogen (secondary N) is 1. The van der Waals surface area contributed by atoms with Crippen LogP contribution in [0.15, 0.2) is 11.4 Å². The number of pyridine rings is 1. The summed E-state index contributed by atoms with van der Waals surface area (Å²) >= 11 is 0.845. The van der Waals surface area contributed by atoms with Crippen molar-refractivity contribution in [3.8, 4) is 0 Å². The van der Waals surface area contributed by atoms with Crippen molar-refractivity contribution in [3.63, 3.8) is 0 Å². The standard InChI is InChI=1S/C19H23F3N4O3S/c1-18(2,3)29-17(28)26-7-5-25(6-8-26)13-9-12(19(20,21)22)15-14(24-13)11(10-30-15)16(27)23-4/h9-10H,5-8H2,1-4H3,(H,23,27). The number of anilines is 1. The van der Waals surface area contributed by atoms with Crippen molar-refractivity contribution in [2.75, 3.05) is 38.1 Å². The summed E-state index contributed by atoms with van der Waals surface area (Å²) in [5.74, 6) is -0.365. The van der Waals surface area contributed by atoms with Gasteiger partial charge < -0.3 is 19.9 Å². The lowest BCUT2D eigenvalue weighted by molar-refractivity contribution is -0.136. The normalized spacial score (nSPS) is 15.4. The molecular formula is C19H23F3N4O3S. The second kappa shape index (κ2) is 7.93. The van der Waals surface area contributed by atoms with Crippen LogP contribution in [0.25, 0.3) is 10.2 Å². The zero-order valence-corrected chi connectivity index (χ0v) is 17.9. The topological polar surface area (TPSA) is 74.8 Å². The molecule has 164 valence electrons. The molecule has 0 saturated carbocycles. The van der Waals surface area contributed by atoms with Crippen LogP contribution in [-0.2, 0) is 10.9 Å². The van der Waals surface area contributed by atoms with Crippen LogP contribution in [0.3, 0.4) is 0 Å². The van der Waals surface area contributed by atoms with E-state index in [1.54, 1.807) is 25.7 Å². The fourth-order valence-corrected chi connectivity index (χ4v) is 4.13. The average Bonchev–Trinajstić information content (AvgIpc) is 3.08. The molecule has 2 aromatic heterocycles. The number of hydrogen-bond acceptors (Lipinski definition) is 6. The van der Waals surface area contributed by atoms with Crippen LogP contribution in [0.1, 0.15) is 36.7 Å². The van der Waals surface area contributed by atoms with Gasteiger partial charge >= 0.3 is 12.3 Å². The lowest BCUT2D eigenvalue weighted by Crippen LogP contribution is -2.50. The molecule has 1 N–H and O–H groups in total. The number of fused-ring (bicyclic) bond motifs is 1. The van der Waals surface area contributed by atoms with Gasteiger partial charge in [0.15, 0.2) is 0 Å². The van der Waals surface area contributed by atoms with E-state index in [9.17, 15) is 22.8 Å². The number of ether oxygens (including phenoxy) is 1. The van der Waals surface area contributed by atoms with Gasteiger partial charge in [0.1, 0.15) is 11.4 Å². The first kappa shape index (κ1) is 22.1. The van der Waals surface area contributed by atoms with Gasteiger partial charge in [0.2, 0.25) is 0 Å². The van der Waals surface area contributed by atoms with E-state index in [0.29, 0.717) is 26.2 Å². The molecule has 11 heteroatoms. The van der Waals surface area contributed by atoms with Gasteiger partial charge in [-0.05, 0) is 26.8 Å². The number of halogens is 3. The van der Waals surface area contributed by atoms with Crippen LogP contribution in [-0.4, -0.2) is 60.7 Å². The first-order chi connectivity index (χ1) is 13.9. The van der Waals surface area contributed by atoms with E-state index < -0.39 is 29.3 Å². The predicted molar refractivity (Wildman–Crippen MR) is 108 cm³/mol. The summed E-state index contributed by atoms with van der Waals surface area (Å²) in [6.07, 6.45) is -5.04. The lowest BCUT2D eigenvalue weighted by Gasteiger charge is -2.36. The highest BCUT2D eigenvalue weighted by Gasteiger charge is 2.36. The first-order valence-corrected chi connectivity index (χ1v) is 10.2. The molecule has 0 atom stereocenters. The van der Waals surface area contributed by atoms with Gasteiger partial charge in [-0.3, -0.25) is 4.79 Å². The summed E-state index contributed by atoms with van der Waals surface area (Å²) < 4.78 is 46.3. The first-order valence-electron chi connectivity index (χ1n) is 9.35. The van der Waals surface area contributed by atoms with Gasteiger partial charge in [-0.15, -0.1) is 11.3 Å². The molecule has 1 fully saturated rings. The smallest absolute Gasteiger partial charge is 0.417 e. The highest BCUT2D eigenvalue weighted by Crippen LogP contribution is 2.40. The Kier molecular flexibility index (Phi) is 5.85. The number of hydrogen-bond donors (Lipinski definition) is 1. The molecule has 1 aliphatic rings. The van der Waals surface area contributed by atoms with Gasteiger partial charge in [0, 0.05) is 38.6 Å². The Morgan fingerprint density at radius 2 is 1.80 bits per heavy atom. The number of aromatic nitrogens is 1. The molecular weight excluding hydrogens is 421 g/mol. The molecule has 0 aliphatic carbocycles. The van der Waals surface area contributed by atoms with Crippen molar-refractivity contribution < 1.29 is 27.5 Å². The van der Waals surface area contributed by atoms with Crippen LogP contribution < -0.4 is 10.2 Å². The highest BCUT2D eigenvalue weighted by molar-refractivity contribution is 7.17. The van der Waals surface area contributed by atoms with Gasteiger partial charge in [-0.2, -0.15) is 13.2 Å². The summed E-state index contributed by atoms with van der Waals surface area (Å²) in [6.45, 7) is 6.49. The molecule has 2 amide bonds. The van der Waals surface area contributed by atoms with Crippen LogP contribution in [0.4, 0.5) is 23.8 Å². The summed E-state index contributed by atoms with van der Waals surface area (Å²) in [7, 11) is 1.41. The number of rotatable bonds is 2. The monoisotopic (exact) mass is 444 g/mol. The number of thiophene rings is 1. The molecule has 1 aliphatic heterocycles. The minimum Gasteiger partial charge on any atom is -0.444 e. The van der Waals surface area contributed by atoms with E-state index in [2.05, 4.69) is 10.3 Å². The number of carbonyl (C=O) groups excluding carboxylic acids is 2. The molecule has 0 unspecified atom stereocenters. The molecule has 0 aromatic carbocycles. The van der Waals surface area contributed by atoms with Crippen LogP contribution in [0.2, 0.25) is 0 Å². The van der Waals surface area contributed by atoms with Gasteiger partial charge in [0.25, 0.3) is 5.91 Å². The average molecular weight is 444 g/mol. The molecule has 7 nitrogen and oxygen atoms in total. The molecule has 2 aromatic rings. The fourth-order valence-electron chi connectivity index (χ4n) is 3.11. The van der Waals surface area contributed by atoms with Crippen molar-refractivity contribution in [1.29, 1.82) is 0 Å². The molecule has 0 radical (unpaired) electrons. The lowest BCUT2D eigenvalue weighted by atomic mass is 10.1. The Morgan fingerprint density at radius 1 is 1.17 bits per heavy atom. The van der Waals surface area contributed by atoms with Crippen LogP contribution in [0, 0.1) is 0 Å². The molecule has 3 rings (SSSR count). The number of nitrogens with zero attached hydrogens (tertiary/aromatic N) is 3. The third-order valence-electron chi connectivity index (χ3n) is 4.54. The van der Waals surface area contributed by atoms with Crippen LogP contribution >= 0.6 is 11.3 Å². The summed E-state index contributed by atoms with van der Waals surface area (Å²) in [4.78, 5) is 31.9. The molecule has 30 heavy (non-hydrogen) atoms. The zero-order chi connectivity index (χ0) is 22.3. The minimum atomic E-state index is -4.58. The minimum absolute atomic E-state index is 0.0266. The molecule has 1 saturated heterocycles. The van der Waals surface area contributed by atoms with E-state index in [1.165, 1.54) is 17.3 Å². The fraction of sp³-hybridized carbons (Fsp3) is 0.526. The van der Waals surface area contributed by atoms with Crippen molar-refractivity contribution in [2.45, 2.75) is 32.5 Å². The maximum Gasteiger partial charge on any atom is 0.417 e. The van der Waals surface area contributed by atoms with E-state index in [4.69, 9.17) is 4.74 Å². The van der Waals surface area contributed by atoms with E-state index >= 15 is 0 Å². The van der Waals surface area contributed by atoms with E-state index in [1.807, 2.05) is 0 Å². The maximum absolute atomic E-state index is 13.7. The number of amides is 2. The Balaban J connectivity index is 1.89. The number of piperazine rings is 1.